The third kappa shape index (κ3) is 6.31. The van der Waals surface area contributed by atoms with E-state index in [0.29, 0.717) is 25.5 Å². The van der Waals surface area contributed by atoms with Gasteiger partial charge in [0.2, 0.25) is 5.78 Å². The maximum Gasteiger partial charge on any atom is 0.449 e. The van der Waals surface area contributed by atoms with Crippen molar-refractivity contribution in [2.45, 2.75) is 38.3 Å². The minimum atomic E-state index is -4.70. The van der Waals surface area contributed by atoms with Gasteiger partial charge in [-0.1, -0.05) is 6.42 Å². The molecule has 0 bridgehead atoms. The van der Waals surface area contributed by atoms with Crippen LogP contribution in [0.5, 0.6) is 0 Å². The molecule has 0 saturated heterocycles. The molecule has 2 nitrogen and oxygen atoms in total. The topological polar surface area (TPSA) is 34.1 Å². The molecule has 0 atom stereocenters. The summed E-state index contributed by atoms with van der Waals surface area (Å²) in [6, 6.07) is 0. The Bertz CT molecular complexity index is 175. The van der Waals surface area contributed by atoms with Gasteiger partial charge in [0, 0.05) is 12.8 Å². The van der Waals surface area contributed by atoms with Crippen molar-refractivity contribution in [1.82, 2.24) is 0 Å². The number of carbonyl (C=O) groups excluding carboxylic acids is 2. The van der Waals surface area contributed by atoms with E-state index in [9.17, 15) is 22.8 Å². The smallest absolute Gasteiger partial charge is 0.303 e. The Labute approximate surface area is 74.1 Å². The molecule has 0 aliphatic heterocycles. The number of carbonyl (C=O) groups is 2. The quantitative estimate of drug-likeness (QED) is 0.482. The van der Waals surface area contributed by atoms with Crippen LogP contribution in [0.25, 0.3) is 0 Å². The second kappa shape index (κ2) is 5.72. The summed E-state index contributed by atoms with van der Waals surface area (Å²) in [6.07, 6.45) is -2.87. The standard InChI is InChI=1S/C8H11F3O2/c9-8(10,11)7(13)5-3-1-2-4-6-12/h6H,1-5H2. The molecule has 76 valence electrons. The van der Waals surface area contributed by atoms with Gasteiger partial charge in [-0.25, -0.2) is 0 Å². The van der Waals surface area contributed by atoms with Crippen LogP contribution in [0, 0.1) is 0 Å². The van der Waals surface area contributed by atoms with Gasteiger partial charge < -0.3 is 4.79 Å². The molecule has 0 rings (SSSR count). The van der Waals surface area contributed by atoms with Gasteiger partial charge in [0.25, 0.3) is 0 Å². The Morgan fingerprint density at radius 1 is 1.15 bits per heavy atom. The van der Waals surface area contributed by atoms with Crippen molar-refractivity contribution in [2.24, 2.45) is 0 Å². The first-order valence-electron chi connectivity index (χ1n) is 4.02. The van der Waals surface area contributed by atoms with Gasteiger partial charge in [-0.3, -0.25) is 4.79 Å². The summed E-state index contributed by atoms with van der Waals surface area (Å²) in [5.74, 6) is -1.68. The fourth-order valence-electron chi connectivity index (χ4n) is 0.832. The second-order valence-electron chi connectivity index (χ2n) is 2.69. The van der Waals surface area contributed by atoms with Crippen molar-refractivity contribution in [3.63, 3.8) is 0 Å². The lowest BCUT2D eigenvalue weighted by Gasteiger charge is -2.03. The molecular formula is C8H11F3O2. The third-order valence-corrected chi connectivity index (χ3v) is 1.54. The molecule has 0 aromatic rings. The summed E-state index contributed by atoms with van der Waals surface area (Å²) < 4.78 is 34.9. The van der Waals surface area contributed by atoms with E-state index < -0.39 is 18.4 Å². The zero-order chi connectivity index (χ0) is 10.3. The Kier molecular flexibility index (Phi) is 5.34. The van der Waals surface area contributed by atoms with Crippen LogP contribution >= 0.6 is 0 Å². The van der Waals surface area contributed by atoms with Crippen LogP contribution in [0.3, 0.4) is 0 Å². The summed E-state index contributed by atoms with van der Waals surface area (Å²) in [4.78, 5) is 20.1. The van der Waals surface area contributed by atoms with E-state index in [1.807, 2.05) is 0 Å². The highest BCUT2D eigenvalue weighted by Crippen LogP contribution is 2.19. The van der Waals surface area contributed by atoms with Gasteiger partial charge in [0.15, 0.2) is 0 Å². The van der Waals surface area contributed by atoms with E-state index in [1.54, 1.807) is 0 Å². The summed E-state index contributed by atoms with van der Waals surface area (Å²) in [6.45, 7) is 0. The molecule has 0 aliphatic carbocycles. The second-order valence-corrected chi connectivity index (χ2v) is 2.69. The lowest BCUT2D eigenvalue weighted by molar-refractivity contribution is -0.171. The number of halogens is 3. The number of hydrogen-bond acceptors (Lipinski definition) is 2. The first-order chi connectivity index (χ1) is 5.98. The molecule has 0 aromatic carbocycles. The molecule has 0 aliphatic rings. The Morgan fingerprint density at radius 2 is 1.77 bits per heavy atom. The fourth-order valence-corrected chi connectivity index (χ4v) is 0.832. The van der Waals surface area contributed by atoms with Crippen LogP contribution in [0.2, 0.25) is 0 Å². The highest BCUT2D eigenvalue weighted by atomic mass is 19.4. The molecule has 0 radical (unpaired) electrons. The van der Waals surface area contributed by atoms with Crippen LogP contribution in [0.1, 0.15) is 32.1 Å². The maximum absolute atomic E-state index is 11.6. The molecule has 13 heavy (non-hydrogen) atoms. The molecular weight excluding hydrogens is 185 g/mol. The number of unbranched alkanes of at least 4 members (excludes halogenated alkanes) is 3. The zero-order valence-corrected chi connectivity index (χ0v) is 7.06. The number of ketones is 1. The normalized spacial score (nSPS) is 11.3. The lowest BCUT2D eigenvalue weighted by atomic mass is 10.1. The van der Waals surface area contributed by atoms with Crippen LogP contribution < -0.4 is 0 Å². The molecule has 0 N–H and O–H groups in total. The van der Waals surface area contributed by atoms with E-state index in [4.69, 9.17) is 0 Å². The first kappa shape index (κ1) is 12.1. The van der Waals surface area contributed by atoms with Crippen LogP contribution in [0.4, 0.5) is 13.2 Å². The molecule has 0 unspecified atom stereocenters. The van der Waals surface area contributed by atoms with Gasteiger partial charge in [0.1, 0.15) is 6.29 Å². The zero-order valence-electron chi connectivity index (χ0n) is 7.06. The maximum atomic E-state index is 11.6. The van der Waals surface area contributed by atoms with Gasteiger partial charge in [-0.2, -0.15) is 13.2 Å². The average molecular weight is 196 g/mol. The summed E-state index contributed by atoms with van der Waals surface area (Å²) in [7, 11) is 0. The van der Waals surface area contributed by atoms with Crippen molar-refractivity contribution in [3.8, 4) is 0 Å². The average Bonchev–Trinajstić information content (AvgIpc) is 2.02. The van der Waals surface area contributed by atoms with Crippen LogP contribution in [-0.4, -0.2) is 18.2 Å². The van der Waals surface area contributed by atoms with Crippen molar-refractivity contribution in [1.29, 1.82) is 0 Å². The Balaban J connectivity index is 3.43. The summed E-state index contributed by atoms with van der Waals surface area (Å²) in [5.41, 5.74) is 0. The minimum absolute atomic E-state index is 0.201. The van der Waals surface area contributed by atoms with E-state index >= 15 is 0 Å². The molecule has 0 fully saturated rings. The number of Topliss-reactive ketones (excluding diaryl/α,β-unsaturated/α-hetero) is 1. The van der Waals surface area contributed by atoms with Gasteiger partial charge in [-0.15, -0.1) is 0 Å². The van der Waals surface area contributed by atoms with Crippen LogP contribution in [0.15, 0.2) is 0 Å². The lowest BCUT2D eigenvalue weighted by Crippen LogP contribution is -2.22. The highest BCUT2D eigenvalue weighted by Gasteiger charge is 2.36. The van der Waals surface area contributed by atoms with E-state index in [-0.39, 0.29) is 6.42 Å². The summed E-state index contributed by atoms with van der Waals surface area (Å²) >= 11 is 0. The number of alkyl halides is 3. The Hall–Kier alpha value is -0.870. The SMILES string of the molecule is O=CCCCCCC(=O)C(F)(F)F. The van der Waals surface area contributed by atoms with E-state index in [1.165, 1.54) is 0 Å². The van der Waals surface area contributed by atoms with Crippen molar-refractivity contribution in [2.75, 3.05) is 0 Å². The molecule has 0 spiro atoms. The predicted octanol–water partition coefficient (Wildman–Crippen LogP) is 2.27. The van der Waals surface area contributed by atoms with Crippen molar-refractivity contribution >= 4 is 12.1 Å². The molecule has 5 heteroatoms. The predicted molar refractivity (Wildman–Crippen MR) is 40.2 cm³/mol. The van der Waals surface area contributed by atoms with Crippen molar-refractivity contribution in [3.05, 3.63) is 0 Å². The number of hydrogen-bond donors (Lipinski definition) is 0. The van der Waals surface area contributed by atoms with Gasteiger partial charge in [0.05, 0.1) is 0 Å². The molecule has 0 amide bonds. The summed E-state index contributed by atoms with van der Waals surface area (Å²) in [5, 5.41) is 0. The molecule has 0 heterocycles. The fraction of sp³-hybridized carbons (Fsp3) is 0.750. The monoisotopic (exact) mass is 196 g/mol. The van der Waals surface area contributed by atoms with Crippen LogP contribution in [-0.2, 0) is 9.59 Å². The number of rotatable bonds is 6. The van der Waals surface area contributed by atoms with Crippen molar-refractivity contribution < 1.29 is 22.8 Å². The largest absolute Gasteiger partial charge is 0.449 e. The molecule has 0 aromatic heterocycles. The van der Waals surface area contributed by atoms with E-state index in [0.717, 1.165) is 0 Å². The van der Waals surface area contributed by atoms with Gasteiger partial charge >= 0.3 is 6.18 Å². The minimum Gasteiger partial charge on any atom is -0.303 e. The third-order valence-electron chi connectivity index (χ3n) is 1.54. The first-order valence-corrected chi connectivity index (χ1v) is 4.02. The van der Waals surface area contributed by atoms with Gasteiger partial charge in [-0.05, 0) is 12.8 Å². The molecule has 0 saturated carbocycles. The van der Waals surface area contributed by atoms with E-state index in [2.05, 4.69) is 0 Å². The number of aldehydes is 1. The highest BCUT2D eigenvalue weighted by molar-refractivity contribution is 5.83. The Morgan fingerprint density at radius 3 is 2.23 bits per heavy atom.